The molecule has 0 bridgehead atoms. The minimum absolute atomic E-state index is 0.0343. The van der Waals surface area contributed by atoms with Crippen molar-refractivity contribution in [2.45, 2.75) is 46.1 Å². The SMILES string of the molecule is CCNC(=NCC(C)c1ccsc1)NC(C)(C)C. The number of hydrogen-bond donors (Lipinski definition) is 2. The van der Waals surface area contributed by atoms with Crippen molar-refractivity contribution >= 4 is 17.3 Å². The lowest BCUT2D eigenvalue weighted by Gasteiger charge is -2.24. The highest BCUT2D eigenvalue weighted by Crippen LogP contribution is 2.18. The maximum atomic E-state index is 4.65. The monoisotopic (exact) mass is 267 g/mol. The highest BCUT2D eigenvalue weighted by molar-refractivity contribution is 7.07. The predicted octanol–water partition coefficient (Wildman–Crippen LogP) is 3.21. The molecule has 0 aliphatic rings. The summed E-state index contributed by atoms with van der Waals surface area (Å²) in [5, 5.41) is 11.0. The molecule has 1 aromatic heterocycles. The molecule has 2 N–H and O–H groups in total. The number of thiophene rings is 1. The van der Waals surface area contributed by atoms with E-state index >= 15 is 0 Å². The van der Waals surface area contributed by atoms with E-state index in [9.17, 15) is 0 Å². The number of nitrogens with one attached hydrogen (secondary N) is 2. The Morgan fingerprint density at radius 3 is 2.67 bits per heavy atom. The lowest BCUT2D eigenvalue weighted by Crippen LogP contribution is -2.47. The Kier molecular flexibility index (Phi) is 5.66. The van der Waals surface area contributed by atoms with Crippen LogP contribution in [0.1, 0.15) is 46.1 Å². The minimum Gasteiger partial charge on any atom is -0.357 e. The summed E-state index contributed by atoms with van der Waals surface area (Å²) in [4.78, 5) is 4.65. The third-order valence-electron chi connectivity index (χ3n) is 2.47. The van der Waals surface area contributed by atoms with Crippen LogP contribution in [0.5, 0.6) is 0 Å². The standard InChI is InChI=1S/C14H25N3S/c1-6-15-13(17-14(3,4)5)16-9-11(2)12-7-8-18-10-12/h7-8,10-11H,6,9H2,1-5H3,(H2,15,16,17). The van der Waals surface area contributed by atoms with Gasteiger partial charge >= 0.3 is 0 Å². The average Bonchev–Trinajstić information content (AvgIpc) is 2.77. The Labute approximate surface area is 115 Å². The summed E-state index contributed by atoms with van der Waals surface area (Å²) < 4.78 is 0. The van der Waals surface area contributed by atoms with Gasteiger partial charge in [-0.25, -0.2) is 0 Å². The van der Waals surface area contributed by atoms with Crippen LogP contribution in [0.3, 0.4) is 0 Å². The first kappa shape index (κ1) is 15.0. The zero-order valence-corrected chi connectivity index (χ0v) is 12.9. The Balaban J connectivity index is 2.60. The number of aliphatic imine (C=N–C) groups is 1. The molecule has 1 aromatic rings. The molecule has 3 nitrogen and oxygen atoms in total. The van der Waals surface area contributed by atoms with E-state index in [4.69, 9.17) is 0 Å². The first-order valence-corrected chi connectivity index (χ1v) is 7.45. The molecule has 1 unspecified atom stereocenters. The van der Waals surface area contributed by atoms with E-state index in [-0.39, 0.29) is 5.54 Å². The summed E-state index contributed by atoms with van der Waals surface area (Å²) in [7, 11) is 0. The second kappa shape index (κ2) is 6.78. The molecule has 0 saturated heterocycles. The van der Waals surface area contributed by atoms with E-state index in [0.29, 0.717) is 5.92 Å². The van der Waals surface area contributed by atoms with E-state index in [1.807, 2.05) is 0 Å². The smallest absolute Gasteiger partial charge is 0.191 e. The van der Waals surface area contributed by atoms with Crippen LogP contribution in [-0.2, 0) is 0 Å². The lowest BCUT2D eigenvalue weighted by atomic mass is 10.1. The van der Waals surface area contributed by atoms with E-state index in [0.717, 1.165) is 19.0 Å². The summed E-state index contributed by atoms with van der Waals surface area (Å²) >= 11 is 1.74. The Morgan fingerprint density at radius 2 is 2.17 bits per heavy atom. The van der Waals surface area contributed by atoms with Gasteiger partial charge in [0.15, 0.2) is 5.96 Å². The van der Waals surface area contributed by atoms with Crippen molar-refractivity contribution in [3.05, 3.63) is 22.4 Å². The molecule has 0 saturated carbocycles. The van der Waals surface area contributed by atoms with Crippen LogP contribution in [0.2, 0.25) is 0 Å². The van der Waals surface area contributed by atoms with Gasteiger partial charge in [0.1, 0.15) is 0 Å². The number of rotatable bonds is 4. The van der Waals surface area contributed by atoms with Crippen LogP contribution in [0.25, 0.3) is 0 Å². The van der Waals surface area contributed by atoms with Crippen LogP contribution < -0.4 is 10.6 Å². The van der Waals surface area contributed by atoms with Crippen molar-refractivity contribution < 1.29 is 0 Å². The fourth-order valence-electron chi connectivity index (χ4n) is 1.55. The zero-order chi connectivity index (χ0) is 13.6. The van der Waals surface area contributed by atoms with Crippen molar-refractivity contribution in [1.29, 1.82) is 0 Å². The van der Waals surface area contributed by atoms with Gasteiger partial charge in [-0.1, -0.05) is 6.92 Å². The third-order valence-corrected chi connectivity index (χ3v) is 3.17. The molecule has 102 valence electrons. The van der Waals surface area contributed by atoms with Crippen LogP contribution in [0, 0.1) is 0 Å². The zero-order valence-electron chi connectivity index (χ0n) is 12.1. The lowest BCUT2D eigenvalue weighted by molar-refractivity contribution is 0.501. The molecule has 18 heavy (non-hydrogen) atoms. The molecule has 0 radical (unpaired) electrons. The third kappa shape index (κ3) is 5.54. The fourth-order valence-corrected chi connectivity index (χ4v) is 2.33. The second-order valence-corrected chi connectivity index (χ2v) is 6.33. The Bertz CT molecular complexity index is 363. The van der Waals surface area contributed by atoms with Gasteiger partial charge in [-0.15, -0.1) is 0 Å². The molecule has 4 heteroatoms. The van der Waals surface area contributed by atoms with Gasteiger partial charge in [-0.2, -0.15) is 11.3 Å². The number of hydrogen-bond acceptors (Lipinski definition) is 2. The predicted molar refractivity (Wildman–Crippen MR) is 81.6 cm³/mol. The summed E-state index contributed by atoms with van der Waals surface area (Å²) in [6, 6.07) is 2.18. The molecule has 0 aliphatic carbocycles. The largest absolute Gasteiger partial charge is 0.357 e. The fraction of sp³-hybridized carbons (Fsp3) is 0.643. The first-order chi connectivity index (χ1) is 8.42. The summed E-state index contributed by atoms with van der Waals surface area (Å²) in [6.07, 6.45) is 0. The van der Waals surface area contributed by atoms with Crippen LogP contribution in [0.15, 0.2) is 21.8 Å². The molecular formula is C14H25N3S. The maximum absolute atomic E-state index is 4.65. The van der Waals surface area contributed by atoms with Gasteiger partial charge in [0.2, 0.25) is 0 Å². The molecule has 0 aliphatic heterocycles. The normalized spacial score (nSPS) is 14.4. The Hall–Kier alpha value is -1.03. The first-order valence-electron chi connectivity index (χ1n) is 6.51. The van der Waals surface area contributed by atoms with E-state index in [1.54, 1.807) is 11.3 Å². The van der Waals surface area contributed by atoms with E-state index in [1.165, 1.54) is 5.56 Å². The Morgan fingerprint density at radius 1 is 1.44 bits per heavy atom. The van der Waals surface area contributed by atoms with Gasteiger partial charge in [0.05, 0.1) is 0 Å². The van der Waals surface area contributed by atoms with Crippen molar-refractivity contribution in [3.63, 3.8) is 0 Å². The molecular weight excluding hydrogens is 242 g/mol. The molecule has 0 aromatic carbocycles. The minimum atomic E-state index is 0.0343. The topological polar surface area (TPSA) is 36.4 Å². The van der Waals surface area contributed by atoms with Crippen LogP contribution in [0.4, 0.5) is 0 Å². The summed E-state index contributed by atoms with van der Waals surface area (Å²) in [5.41, 5.74) is 1.41. The van der Waals surface area contributed by atoms with Crippen LogP contribution in [-0.4, -0.2) is 24.6 Å². The van der Waals surface area contributed by atoms with Crippen molar-refractivity contribution in [2.75, 3.05) is 13.1 Å². The van der Waals surface area contributed by atoms with Gasteiger partial charge < -0.3 is 10.6 Å². The molecule has 0 spiro atoms. The second-order valence-electron chi connectivity index (χ2n) is 5.55. The van der Waals surface area contributed by atoms with Gasteiger partial charge in [-0.3, -0.25) is 4.99 Å². The van der Waals surface area contributed by atoms with Crippen molar-refractivity contribution in [2.24, 2.45) is 4.99 Å². The highest BCUT2D eigenvalue weighted by Gasteiger charge is 2.12. The van der Waals surface area contributed by atoms with Crippen molar-refractivity contribution in [1.82, 2.24) is 10.6 Å². The van der Waals surface area contributed by atoms with Gasteiger partial charge in [0.25, 0.3) is 0 Å². The van der Waals surface area contributed by atoms with Gasteiger partial charge in [-0.05, 0) is 50.1 Å². The molecule has 0 amide bonds. The maximum Gasteiger partial charge on any atom is 0.191 e. The quantitative estimate of drug-likeness (QED) is 0.649. The number of guanidine groups is 1. The summed E-state index contributed by atoms with van der Waals surface area (Å²) in [5.74, 6) is 1.36. The molecule has 1 atom stereocenters. The van der Waals surface area contributed by atoms with Crippen molar-refractivity contribution in [3.8, 4) is 0 Å². The number of nitrogens with zero attached hydrogens (tertiary/aromatic N) is 1. The summed E-state index contributed by atoms with van der Waals surface area (Å²) in [6.45, 7) is 12.4. The highest BCUT2D eigenvalue weighted by atomic mass is 32.1. The van der Waals surface area contributed by atoms with Crippen LogP contribution >= 0.6 is 11.3 Å². The van der Waals surface area contributed by atoms with E-state index in [2.05, 4.69) is 67.1 Å². The average molecular weight is 267 g/mol. The molecule has 1 rings (SSSR count). The molecule has 0 fully saturated rings. The molecule has 1 heterocycles. The van der Waals surface area contributed by atoms with E-state index < -0.39 is 0 Å². The van der Waals surface area contributed by atoms with Gasteiger partial charge in [0, 0.05) is 24.5 Å².